The molecule has 0 aliphatic heterocycles. The lowest BCUT2D eigenvalue weighted by molar-refractivity contribution is 0.102. The molecule has 0 aliphatic carbocycles. The average molecular weight is 405 g/mol. The van der Waals surface area contributed by atoms with E-state index in [1.807, 2.05) is 25.1 Å². The second-order valence-electron chi connectivity index (χ2n) is 3.91. The van der Waals surface area contributed by atoms with Crippen molar-refractivity contribution in [1.29, 1.82) is 0 Å². The molecule has 0 bridgehead atoms. The summed E-state index contributed by atoms with van der Waals surface area (Å²) in [7, 11) is 0. The number of anilines is 1. The second-order valence-corrected chi connectivity index (χ2v) is 6.51. The number of benzene rings is 1. The molecule has 1 unspecified atom stereocenters. The van der Waals surface area contributed by atoms with Crippen LogP contribution in [0.1, 0.15) is 28.5 Å². The Kier molecular flexibility index (Phi) is 4.72. The minimum Gasteiger partial charge on any atom is -0.322 e. The zero-order valence-electron chi connectivity index (χ0n) is 9.98. The number of amides is 1. The molecule has 2 aromatic rings. The molecule has 1 amide bonds. The van der Waals surface area contributed by atoms with Crippen LogP contribution >= 0.6 is 43.2 Å². The number of halogens is 2. The summed E-state index contributed by atoms with van der Waals surface area (Å²) in [5.41, 5.74) is 6.79. The molecule has 0 spiro atoms. The molecule has 19 heavy (non-hydrogen) atoms. The largest absolute Gasteiger partial charge is 0.322 e. The molecule has 0 radical (unpaired) electrons. The van der Waals surface area contributed by atoms with Gasteiger partial charge < -0.3 is 11.1 Å². The molecular weight excluding hydrogens is 394 g/mol. The smallest absolute Gasteiger partial charge is 0.275 e. The first-order valence-electron chi connectivity index (χ1n) is 5.45. The number of hydrogen-bond donors (Lipinski definition) is 2. The van der Waals surface area contributed by atoms with E-state index in [1.165, 1.54) is 11.3 Å². The van der Waals surface area contributed by atoms with E-state index in [-0.39, 0.29) is 11.9 Å². The number of carbonyl (C=O) groups excluding carboxylic acids is 1. The van der Waals surface area contributed by atoms with Crippen molar-refractivity contribution >= 4 is 54.8 Å². The Morgan fingerprint density at radius 3 is 2.58 bits per heavy atom. The van der Waals surface area contributed by atoms with Gasteiger partial charge in [0.25, 0.3) is 5.91 Å². The minimum atomic E-state index is -0.254. The quantitative estimate of drug-likeness (QED) is 0.813. The molecule has 7 heteroatoms. The van der Waals surface area contributed by atoms with Gasteiger partial charge in [-0.1, -0.05) is 6.07 Å². The molecule has 1 heterocycles. The highest BCUT2D eigenvalue weighted by atomic mass is 79.9. The third-order valence-corrected chi connectivity index (χ3v) is 4.71. The first kappa shape index (κ1) is 14.6. The summed E-state index contributed by atoms with van der Waals surface area (Å²) < 4.78 is 1.61. The summed E-state index contributed by atoms with van der Waals surface area (Å²) in [6.07, 6.45) is 0. The van der Waals surface area contributed by atoms with E-state index in [0.29, 0.717) is 11.4 Å². The van der Waals surface area contributed by atoms with Gasteiger partial charge in [-0.3, -0.25) is 4.79 Å². The van der Waals surface area contributed by atoms with Crippen LogP contribution < -0.4 is 11.1 Å². The fourth-order valence-electron chi connectivity index (χ4n) is 1.40. The van der Waals surface area contributed by atoms with Crippen molar-refractivity contribution in [3.8, 4) is 0 Å². The SMILES string of the molecule is CC(N)c1nc(C(=O)Nc2c(Br)cccc2Br)cs1. The van der Waals surface area contributed by atoms with Crippen molar-refractivity contribution in [2.24, 2.45) is 5.73 Å². The Balaban J connectivity index is 2.21. The number of hydrogen-bond acceptors (Lipinski definition) is 4. The topological polar surface area (TPSA) is 68.0 Å². The molecule has 2 rings (SSSR count). The third kappa shape index (κ3) is 3.42. The van der Waals surface area contributed by atoms with Crippen molar-refractivity contribution in [3.05, 3.63) is 43.2 Å². The average Bonchev–Trinajstić information content (AvgIpc) is 2.83. The van der Waals surface area contributed by atoms with E-state index in [4.69, 9.17) is 5.73 Å². The zero-order valence-corrected chi connectivity index (χ0v) is 14.0. The first-order chi connectivity index (χ1) is 8.99. The van der Waals surface area contributed by atoms with Gasteiger partial charge in [0.1, 0.15) is 10.7 Å². The van der Waals surface area contributed by atoms with Crippen LogP contribution in [0.5, 0.6) is 0 Å². The van der Waals surface area contributed by atoms with Crippen LogP contribution in [0.3, 0.4) is 0 Å². The van der Waals surface area contributed by atoms with Crippen molar-refractivity contribution in [2.75, 3.05) is 5.32 Å². The number of thiazole rings is 1. The van der Waals surface area contributed by atoms with Gasteiger partial charge in [0.05, 0.1) is 11.7 Å². The molecule has 100 valence electrons. The van der Waals surface area contributed by atoms with Crippen molar-refractivity contribution in [1.82, 2.24) is 4.98 Å². The van der Waals surface area contributed by atoms with Crippen LogP contribution in [0, 0.1) is 0 Å². The monoisotopic (exact) mass is 403 g/mol. The summed E-state index contributed by atoms with van der Waals surface area (Å²) in [5, 5.41) is 5.27. The molecule has 1 aromatic heterocycles. The first-order valence-corrected chi connectivity index (χ1v) is 7.92. The maximum atomic E-state index is 12.1. The molecular formula is C12H11Br2N3OS. The Bertz CT molecular complexity index is 593. The highest BCUT2D eigenvalue weighted by Gasteiger charge is 2.15. The molecule has 3 N–H and O–H groups in total. The Hall–Kier alpha value is -0.760. The van der Waals surface area contributed by atoms with Crippen LogP contribution in [-0.2, 0) is 0 Å². The fraction of sp³-hybridized carbons (Fsp3) is 0.167. The van der Waals surface area contributed by atoms with Crippen LogP contribution in [0.15, 0.2) is 32.5 Å². The molecule has 1 aromatic carbocycles. The lowest BCUT2D eigenvalue weighted by Gasteiger charge is -2.08. The number of carbonyl (C=O) groups is 1. The molecule has 0 saturated carbocycles. The predicted octanol–water partition coefficient (Wildman–Crippen LogP) is 3.94. The lowest BCUT2D eigenvalue weighted by Crippen LogP contribution is -2.14. The van der Waals surface area contributed by atoms with E-state index >= 15 is 0 Å². The normalized spacial score (nSPS) is 12.2. The Morgan fingerprint density at radius 2 is 2.05 bits per heavy atom. The summed E-state index contributed by atoms with van der Waals surface area (Å²) in [4.78, 5) is 16.3. The Morgan fingerprint density at radius 1 is 1.42 bits per heavy atom. The summed E-state index contributed by atoms with van der Waals surface area (Å²) in [6, 6.07) is 5.42. The van der Waals surface area contributed by atoms with Gasteiger partial charge in [-0.2, -0.15) is 0 Å². The Labute approximate surface area is 131 Å². The van der Waals surface area contributed by atoms with E-state index in [0.717, 1.165) is 14.0 Å². The van der Waals surface area contributed by atoms with Crippen molar-refractivity contribution in [3.63, 3.8) is 0 Å². The minimum absolute atomic E-state index is 0.165. The highest BCUT2D eigenvalue weighted by Crippen LogP contribution is 2.31. The van der Waals surface area contributed by atoms with Gasteiger partial charge in [-0.15, -0.1) is 11.3 Å². The highest BCUT2D eigenvalue weighted by molar-refractivity contribution is 9.11. The van der Waals surface area contributed by atoms with Crippen LogP contribution in [0.4, 0.5) is 5.69 Å². The second kappa shape index (κ2) is 6.13. The number of rotatable bonds is 3. The predicted molar refractivity (Wildman–Crippen MR) is 84.5 cm³/mol. The number of aromatic nitrogens is 1. The standard InChI is InChI=1S/C12H11Br2N3OS/c1-6(15)12-16-9(5-19-12)11(18)17-10-7(13)3-2-4-8(10)14/h2-6H,15H2,1H3,(H,17,18). The fourth-order valence-corrected chi connectivity index (χ4v) is 3.35. The van der Waals surface area contributed by atoms with Gasteiger partial charge in [0.2, 0.25) is 0 Å². The van der Waals surface area contributed by atoms with Gasteiger partial charge in [0.15, 0.2) is 0 Å². The lowest BCUT2D eigenvalue weighted by atomic mass is 10.3. The van der Waals surface area contributed by atoms with Gasteiger partial charge in [0, 0.05) is 14.3 Å². The van der Waals surface area contributed by atoms with E-state index in [2.05, 4.69) is 42.2 Å². The molecule has 0 fully saturated rings. The van der Waals surface area contributed by atoms with E-state index in [1.54, 1.807) is 5.38 Å². The summed E-state index contributed by atoms with van der Waals surface area (Å²) in [5.74, 6) is -0.254. The molecule has 0 aliphatic rings. The summed E-state index contributed by atoms with van der Waals surface area (Å²) in [6.45, 7) is 1.84. The van der Waals surface area contributed by atoms with Gasteiger partial charge in [-0.05, 0) is 50.9 Å². The van der Waals surface area contributed by atoms with Crippen LogP contribution in [0.2, 0.25) is 0 Å². The van der Waals surface area contributed by atoms with Gasteiger partial charge in [-0.25, -0.2) is 4.98 Å². The number of nitrogens with one attached hydrogen (secondary N) is 1. The summed E-state index contributed by atoms with van der Waals surface area (Å²) >= 11 is 8.17. The van der Waals surface area contributed by atoms with E-state index < -0.39 is 0 Å². The maximum absolute atomic E-state index is 12.1. The molecule has 0 saturated heterocycles. The number of nitrogens with zero attached hydrogens (tertiary/aromatic N) is 1. The zero-order chi connectivity index (χ0) is 14.0. The van der Waals surface area contributed by atoms with Crippen LogP contribution in [-0.4, -0.2) is 10.9 Å². The number of para-hydroxylation sites is 1. The molecule has 4 nitrogen and oxygen atoms in total. The van der Waals surface area contributed by atoms with Crippen molar-refractivity contribution in [2.45, 2.75) is 13.0 Å². The van der Waals surface area contributed by atoms with Gasteiger partial charge >= 0.3 is 0 Å². The van der Waals surface area contributed by atoms with E-state index in [9.17, 15) is 4.79 Å². The third-order valence-electron chi connectivity index (χ3n) is 2.35. The maximum Gasteiger partial charge on any atom is 0.275 e. The number of nitrogens with two attached hydrogens (primary N) is 1. The van der Waals surface area contributed by atoms with Crippen molar-refractivity contribution < 1.29 is 4.79 Å². The van der Waals surface area contributed by atoms with Crippen LogP contribution in [0.25, 0.3) is 0 Å². The molecule has 1 atom stereocenters.